The number of nitrogens with zero attached hydrogens (tertiary/aromatic N) is 4. The first-order chi connectivity index (χ1) is 12.0. The molecule has 2 heterocycles. The number of benzene rings is 1. The Labute approximate surface area is 147 Å². The van der Waals surface area contributed by atoms with Crippen LogP contribution in [0.25, 0.3) is 0 Å². The lowest BCUT2D eigenvalue weighted by atomic mass is 10.2. The molecule has 25 heavy (non-hydrogen) atoms. The summed E-state index contributed by atoms with van der Waals surface area (Å²) in [6, 6.07) is 9.59. The normalized spacial score (nSPS) is 19.4. The fourth-order valence-corrected chi connectivity index (χ4v) is 3.72. The topological polar surface area (TPSA) is 91.4 Å². The van der Waals surface area contributed by atoms with E-state index in [0.717, 1.165) is 17.9 Å². The van der Waals surface area contributed by atoms with Gasteiger partial charge in [0.15, 0.2) is 0 Å². The van der Waals surface area contributed by atoms with Crippen molar-refractivity contribution in [3.05, 3.63) is 48.0 Å². The van der Waals surface area contributed by atoms with E-state index in [2.05, 4.69) is 20.1 Å². The van der Waals surface area contributed by atoms with Crippen molar-refractivity contribution in [1.82, 2.24) is 24.4 Å². The molecule has 0 spiro atoms. The van der Waals surface area contributed by atoms with Crippen LogP contribution in [-0.2, 0) is 21.3 Å². The van der Waals surface area contributed by atoms with E-state index in [9.17, 15) is 8.42 Å². The molecular formula is C16H23N5O3S. The molecule has 136 valence electrons. The van der Waals surface area contributed by atoms with Gasteiger partial charge in [-0.25, -0.2) is 13.4 Å². The number of hydrogen-bond donors (Lipinski definition) is 1. The van der Waals surface area contributed by atoms with Gasteiger partial charge in [0.1, 0.15) is 12.2 Å². The SMILES string of the molecule is CS(=O)(=O)N(CCN1CCOCC1c1ncn[nH]1)Cc1ccccc1. The monoisotopic (exact) mass is 365 g/mol. The summed E-state index contributed by atoms with van der Waals surface area (Å²) in [4.78, 5) is 6.40. The lowest BCUT2D eigenvalue weighted by molar-refractivity contribution is -0.0129. The van der Waals surface area contributed by atoms with E-state index >= 15 is 0 Å². The number of ether oxygens (including phenoxy) is 1. The molecule has 0 saturated carbocycles. The standard InChI is InChI=1S/C16H23N5O3S/c1-25(22,23)21(11-14-5-3-2-4-6-14)8-7-20-9-10-24-12-15(20)16-17-13-18-19-16/h2-6,13,15H,7-12H2,1H3,(H,17,18,19). The number of aromatic amines is 1. The highest BCUT2D eigenvalue weighted by atomic mass is 32.2. The zero-order valence-corrected chi connectivity index (χ0v) is 15.0. The van der Waals surface area contributed by atoms with Gasteiger partial charge in [-0.15, -0.1) is 0 Å². The van der Waals surface area contributed by atoms with Crippen LogP contribution in [0, 0.1) is 0 Å². The first-order valence-electron chi connectivity index (χ1n) is 8.20. The Morgan fingerprint density at radius 3 is 2.84 bits per heavy atom. The third kappa shape index (κ3) is 4.85. The highest BCUT2D eigenvalue weighted by molar-refractivity contribution is 7.88. The van der Waals surface area contributed by atoms with Crippen LogP contribution in [-0.4, -0.2) is 71.9 Å². The van der Waals surface area contributed by atoms with Crippen LogP contribution in [0.3, 0.4) is 0 Å². The number of sulfonamides is 1. The van der Waals surface area contributed by atoms with E-state index in [0.29, 0.717) is 32.8 Å². The number of aromatic nitrogens is 3. The highest BCUT2D eigenvalue weighted by Gasteiger charge is 2.28. The lowest BCUT2D eigenvalue weighted by Crippen LogP contribution is -2.44. The average molecular weight is 365 g/mol. The van der Waals surface area contributed by atoms with Gasteiger partial charge in [0.05, 0.1) is 25.5 Å². The zero-order chi connectivity index (χ0) is 17.7. The molecule has 2 aromatic rings. The van der Waals surface area contributed by atoms with E-state index < -0.39 is 10.0 Å². The molecule has 3 rings (SSSR count). The first-order valence-corrected chi connectivity index (χ1v) is 10.0. The zero-order valence-electron chi connectivity index (χ0n) is 14.2. The fraction of sp³-hybridized carbons (Fsp3) is 0.500. The van der Waals surface area contributed by atoms with Crippen LogP contribution in [0.5, 0.6) is 0 Å². The van der Waals surface area contributed by atoms with E-state index in [1.165, 1.54) is 16.9 Å². The lowest BCUT2D eigenvalue weighted by Gasteiger charge is -2.35. The summed E-state index contributed by atoms with van der Waals surface area (Å²) in [5.41, 5.74) is 0.974. The summed E-state index contributed by atoms with van der Waals surface area (Å²) in [6.07, 6.45) is 2.73. The smallest absolute Gasteiger partial charge is 0.211 e. The van der Waals surface area contributed by atoms with Crippen molar-refractivity contribution in [3.8, 4) is 0 Å². The van der Waals surface area contributed by atoms with Gasteiger partial charge in [-0.05, 0) is 5.56 Å². The summed E-state index contributed by atoms with van der Waals surface area (Å²) in [5.74, 6) is 0.744. The highest BCUT2D eigenvalue weighted by Crippen LogP contribution is 2.20. The van der Waals surface area contributed by atoms with Crippen LogP contribution >= 0.6 is 0 Å². The summed E-state index contributed by atoms with van der Waals surface area (Å²) in [7, 11) is -3.30. The van der Waals surface area contributed by atoms with Gasteiger partial charge in [0.25, 0.3) is 0 Å². The van der Waals surface area contributed by atoms with Gasteiger partial charge in [-0.3, -0.25) is 10.00 Å². The predicted octanol–water partition coefficient (Wildman–Crippen LogP) is 0.640. The molecule has 1 atom stereocenters. The molecule has 0 aliphatic carbocycles. The van der Waals surface area contributed by atoms with Crippen LogP contribution in [0.4, 0.5) is 0 Å². The largest absolute Gasteiger partial charge is 0.378 e. The summed E-state index contributed by atoms with van der Waals surface area (Å²) >= 11 is 0. The Kier molecular flexibility index (Phi) is 5.79. The number of morpholine rings is 1. The van der Waals surface area contributed by atoms with Crippen molar-refractivity contribution in [1.29, 1.82) is 0 Å². The Bertz CT molecular complexity index is 751. The van der Waals surface area contributed by atoms with Crippen molar-refractivity contribution < 1.29 is 13.2 Å². The molecule has 0 bridgehead atoms. The summed E-state index contributed by atoms with van der Waals surface area (Å²) in [6.45, 7) is 3.27. The maximum atomic E-state index is 12.2. The Balaban J connectivity index is 1.67. The first kappa shape index (κ1) is 18.0. The van der Waals surface area contributed by atoms with Gasteiger partial charge in [-0.1, -0.05) is 30.3 Å². The molecule has 0 radical (unpaired) electrons. The quantitative estimate of drug-likeness (QED) is 0.774. The molecule has 1 fully saturated rings. The number of H-pyrrole nitrogens is 1. The summed E-state index contributed by atoms with van der Waals surface area (Å²) in [5, 5.41) is 6.78. The third-order valence-electron chi connectivity index (χ3n) is 4.30. The van der Waals surface area contributed by atoms with Gasteiger partial charge >= 0.3 is 0 Å². The Hall–Kier alpha value is -1.81. The maximum Gasteiger partial charge on any atom is 0.211 e. The molecule has 1 saturated heterocycles. The Morgan fingerprint density at radius 1 is 1.36 bits per heavy atom. The molecule has 9 heteroatoms. The molecular weight excluding hydrogens is 342 g/mol. The second kappa shape index (κ2) is 8.05. The maximum absolute atomic E-state index is 12.2. The molecule has 0 amide bonds. The van der Waals surface area contributed by atoms with Gasteiger partial charge < -0.3 is 4.74 Å². The van der Waals surface area contributed by atoms with Crippen LogP contribution in [0.1, 0.15) is 17.4 Å². The van der Waals surface area contributed by atoms with Crippen molar-refractivity contribution in [2.75, 3.05) is 39.1 Å². The van der Waals surface area contributed by atoms with Crippen molar-refractivity contribution >= 4 is 10.0 Å². The van der Waals surface area contributed by atoms with Crippen molar-refractivity contribution in [2.45, 2.75) is 12.6 Å². The van der Waals surface area contributed by atoms with E-state index in [4.69, 9.17) is 4.74 Å². The van der Waals surface area contributed by atoms with E-state index in [-0.39, 0.29) is 6.04 Å². The van der Waals surface area contributed by atoms with Gasteiger partial charge in [0.2, 0.25) is 10.0 Å². The molecule has 1 aliphatic rings. The molecule has 1 unspecified atom stereocenters. The minimum absolute atomic E-state index is 0.0330. The average Bonchev–Trinajstić information content (AvgIpc) is 3.13. The van der Waals surface area contributed by atoms with Crippen LogP contribution in [0.15, 0.2) is 36.7 Å². The van der Waals surface area contributed by atoms with Crippen molar-refractivity contribution in [3.63, 3.8) is 0 Å². The minimum Gasteiger partial charge on any atom is -0.378 e. The molecule has 1 N–H and O–H groups in total. The number of nitrogens with one attached hydrogen (secondary N) is 1. The van der Waals surface area contributed by atoms with Gasteiger partial charge in [0, 0.05) is 26.2 Å². The van der Waals surface area contributed by atoms with E-state index in [1.807, 2.05) is 30.3 Å². The number of rotatable bonds is 7. The fourth-order valence-electron chi connectivity index (χ4n) is 2.92. The molecule has 1 aromatic heterocycles. The minimum atomic E-state index is -3.30. The van der Waals surface area contributed by atoms with Crippen molar-refractivity contribution in [2.24, 2.45) is 0 Å². The van der Waals surface area contributed by atoms with E-state index in [1.54, 1.807) is 0 Å². The van der Waals surface area contributed by atoms with Crippen LogP contribution < -0.4 is 0 Å². The third-order valence-corrected chi connectivity index (χ3v) is 5.55. The predicted molar refractivity (Wildman–Crippen MR) is 93.2 cm³/mol. The molecule has 8 nitrogen and oxygen atoms in total. The molecule has 1 aliphatic heterocycles. The second-order valence-electron chi connectivity index (χ2n) is 6.08. The Morgan fingerprint density at radius 2 is 2.16 bits per heavy atom. The molecule has 1 aromatic carbocycles. The van der Waals surface area contributed by atoms with Gasteiger partial charge in [-0.2, -0.15) is 9.40 Å². The number of hydrogen-bond acceptors (Lipinski definition) is 6. The summed E-state index contributed by atoms with van der Waals surface area (Å²) < 4.78 is 31.4. The van der Waals surface area contributed by atoms with Crippen LogP contribution in [0.2, 0.25) is 0 Å². The second-order valence-corrected chi connectivity index (χ2v) is 8.06.